The third-order valence-electron chi connectivity index (χ3n) is 5.58. The minimum atomic E-state index is 0.0734. The quantitative estimate of drug-likeness (QED) is 0.694. The normalized spacial score (nSPS) is 17.9. The summed E-state index contributed by atoms with van der Waals surface area (Å²) >= 11 is 0. The summed E-state index contributed by atoms with van der Waals surface area (Å²) in [6.45, 7) is 4.28. The van der Waals surface area contributed by atoms with Gasteiger partial charge in [-0.05, 0) is 42.3 Å². The van der Waals surface area contributed by atoms with Gasteiger partial charge in [-0.2, -0.15) is 0 Å². The van der Waals surface area contributed by atoms with Crippen molar-refractivity contribution >= 4 is 11.5 Å². The minimum absolute atomic E-state index is 0.0734. The molecule has 0 aliphatic carbocycles. The Hall–Kier alpha value is -2.79. The lowest BCUT2D eigenvalue weighted by atomic mass is 10.0. The molecule has 3 rings (SSSR count). The monoisotopic (exact) mass is 394 g/mol. The van der Waals surface area contributed by atoms with Gasteiger partial charge in [0.2, 0.25) is 5.91 Å². The zero-order valence-corrected chi connectivity index (χ0v) is 17.7. The second kappa shape index (κ2) is 9.61. The van der Waals surface area contributed by atoms with Crippen LogP contribution in [0.3, 0.4) is 0 Å². The average molecular weight is 395 g/mol. The van der Waals surface area contributed by atoms with Crippen molar-refractivity contribution in [1.82, 2.24) is 9.80 Å². The van der Waals surface area contributed by atoms with Gasteiger partial charge in [-0.15, -0.1) is 0 Å². The number of nitrogens with zero attached hydrogens (tertiary/aromatic N) is 2. The first kappa shape index (κ1) is 20.9. The van der Waals surface area contributed by atoms with E-state index in [1.54, 1.807) is 20.3 Å². The molecular formula is C24H30N2O3. The third kappa shape index (κ3) is 4.80. The number of amides is 1. The van der Waals surface area contributed by atoms with Crippen LogP contribution in [0.25, 0.3) is 5.57 Å². The van der Waals surface area contributed by atoms with Gasteiger partial charge in [0.1, 0.15) is 0 Å². The van der Waals surface area contributed by atoms with Gasteiger partial charge in [-0.3, -0.25) is 9.69 Å². The number of allylic oxidation sites excluding steroid dienone is 1. The number of ether oxygens (including phenoxy) is 2. The number of methoxy groups -OCH3 is 2. The second-order valence-electron chi connectivity index (χ2n) is 7.28. The summed E-state index contributed by atoms with van der Waals surface area (Å²) in [6.07, 6.45) is 2.62. The largest absolute Gasteiger partial charge is 0.493 e. The number of carbonyl (C=O) groups is 1. The summed E-state index contributed by atoms with van der Waals surface area (Å²) in [6, 6.07) is 16.2. The molecule has 29 heavy (non-hydrogen) atoms. The lowest BCUT2D eigenvalue weighted by Gasteiger charge is -2.39. The van der Waals surface area contributed by atoms with Gasteiger partial charge in [0, 0.05) is 25.7 Å². The fourth-order valence-electron chi connectivity index (χ4n) is 3.78. The van der Waals surface area contributed by atoms with Crippen LogP contribution in [0.1, 0.15) is 30.5 Å². The highest BCUT2D eigenvalue weighted by atomic mass is 16.5. The fourth-order valence-corrected chi connectivity index (χ4v) is 3.78. The van der Waals surface area contributed by atoms with E-state index >= 15 is 0 Å². The van der Waals surface area contributed by atoms with E-state index < -0.39 is 0 Å². The van der Waals surface area contributed by atoms with Crippen LogP contribution in [0.5, 0.6) is 11.5 Å². The molecule has 1 saturated heterocycles. The van der Waals surface area contributed by atoms with Gasteiger partial charge < -0.3 is 14.4 Å². The highest BCUT2D eigenvalue weighted by Gasteiger charge is 2.28. The summed E-state index contributed by atoms with van der Waals surface area (Å²) in [5, 5.41) is 0. The molecule has 1 aliphatic heterocycles. The van der Waals surface area contributed by atoms with Crippen molar-refractivity contribution in [3.05, 3.63) is 65.7 Å². The van der Waals surface area contributed by atoms with Crippen LogP contribution in [0.2, 0.25) is 0 Å². The molecule has 5 nitrogen and oxygen atoms in total. The first-order valence-corrected chi connectivity index (χ1v) is 10.0. The molecule has 0 N–H and O–H groups in total. The molecule has 0 radical (unpaired) electrons. The lowest BCUT2D eigenvalue weighted by Crippen LogP contribution is -2.48. The molecule has 0 aromatic heterocycles. The number of likely N-dealkylation sites (N-methyl/N-ethyl adjacent to an activating group) is 1. The standard InChI is InChI=1S/C24H30N2O3/c1-5-18(19-9-7-6-8-10-19)16-24(27)26-14-13-25(2)21(17-26)20-11-12-22(28-3)23(15-20)29-4/h6-12,15-16,21H,5,13-14,17H2,1-4H3/b18-16+. The molecule has 5 heteroatoms. The van der Waals surface area contributed by atoms with E-state index in [1.165, 1.54) is 0 Å². The summed E-state index contributed by atoms with van der Waals surface area (Å²) in [4.78, 5) is 17.3. The third-order valence-corrected chi connectivity index (χ3v) is 5.58. The molecule has 1 heterocycles. The van der Waals surface area contributed by atoms with E-state index in [-0.39, 0.29) is 11.9 Å². The van der Waals surface area contributed by atoms with Crippen LogP contribution in [0, 0.1) is 0 Å². The van der Waals surface area contributed by atoms with Crippen molar-refractivity contribution in [1.29, 1.82) is 0 Å². The van der Waals surface area contributed by atoms with Gasteiger partial charge in [0.05, 0.1) is 20.3 Å². The van der Waals surface area contributed by atoms with Crippen LogP contribution < -0.4 is 9.47 Å². The van der Waals surface area contributed by atoms with E-state index in [0.29, 0.717) is 18.0 Å². The Balaban J connectivity index is 1.80. The number of hydrogen-bond acceptors (Lipinski definition) is 4. The minimum Gasteiger partial charge on any atom is -0.493 e. The number of carbonyl (C=O) groups excluding carboxylic acids is 1. The zero-order valence-electron chi connectivity index (χ0n) is 17.7. The Morgan fingerprint density at radius 3 is 2.45 bits per heavy atom. The summed E-state index contributed by atoms with van der Waals surface area (Å²) < 4.78 is 10.8. The van der Waals surface area contributed by atoms with Crippen molar-refractivity contribution in [3.8, 4) is 11.5 Å². The van der Waals surface area contributed by atoms with Gasteiger partial charge >= 0.3 is 0 Å². The van der Waals surface area contributed by atoms with Crippen molar-refractivity contribution in [2.75, 3.05) is 40.9 Å². The number of piperazine rings is 1. The molecule has 1 aliphatic rings. The summed E-state index contributed by atoms with van der Waals surface area (Å²) in [5.41, 5.74) is 3.29. The maximum absolute atomic E-state index is 13.0. The van der Waals surface area contributed by atoms with Crippen molar-refractivity contribution < 1.29 is 14.3 Å². The molecule has 0 spiro atoms. The van der Waals surface area contributed by atoms with Crippen LogP contribution in [-0.4, -0.2) is 56.6 Å². The maximum atomic E-state index is 13.0. The maximum Gasteiger partial charge on any atom is 0.246 e. The smallest absolute Gasteiger partial charge is 0.246 e. The number of benzene rings is 2. The molecule has 0 saturated carbocycles. The SMILES string of the molecule is CC/C(=C\C(=O)N1CCN(C)C(c2ccc(OC)c(OC)c2)C1)c1ccccc1. The van der Waals surface area contributed by atoms with Gasteiger partial charge in [-0.25, -0.2) is 0 Å². The summed E-state index contributed by atoms with van der Waals surface area (Å²) in [7, 11) is 5.37. The molecule has 154 valence electrons. The first-order valence-electron chi connectivity index (χ1n) is 10.0. The molecule has 2 aromatic carbocycles. The zero-order chi connectivity index (χ0) is 20.8. The molecular weight excluding hydrogens is 364 g/mol. The fraction of sp³-hybridized carbons (Fsp3) is 0.375. The molecule has 2 aromatic rings. The summed E-state index contributed by atoms with van der Waals surface area (Å²) in [5.74, 6) is 1.49. The number of rotatable bonds is 6. The van der Waals surface area contributed by atoms with E-state index in [1.807, 2.05) is 41.3 Å². The van der Waals surface area contributed by atoms with Crippen LogP contribution in [0.4, 0.5) is 0 Å². The predicted octanol–water partition coefficient (Wildman–Crippen LogP) is 4.01. The Morgan fingerprint density at radius 1 is 1.07 bits per heavy atom. The molecule has 1 amide bonds. The first-order chi connectivity index (χ1) is 14.1. The highest BCUT2D eigenvalue weighted by molar-refractivity contribution is 5.95. The Bertz CT molecular complexity index is 864. The Morgan fingerprint density at radius 2 is 1.79 bits per heavy atom. The topological polar surface area (TPSA) is 42.0 Å². The van der Waals surface area contributed by atoms with E-state index in [4.69, 9.17) is 9.47 Å². The average Bonchev–Trinajstić information content (AvgIpc) is 2.77. The van der Waals surface area contributed by atoms with Crippen LogP contribution >= 0.6 is 0 Å². The lowest BCUT2D eigenvalue weighted by molar-refractivity contribution is -0.128. The van der Waals surface area contributed by atoms with Gasteiger partial charge in [-0.1, -0.05) is 43.3 Å². The van der Waals surface area contributed by atoms with E-state index in [2.05, 4.69) is 31.0 Å². The van der Waals surface area contributed by atoms with Gasteiger partial charge in [0.15, 0.2) is 11.5 Å². The van der Waals surface area contributed by atoms with Crippen molar-refractivity contribution in [2.45, 2.75) is 19.4 Å². The highest BCUT2D eigenvalue weighted by Crippen LogP contribution is 2.33. The van der Waals surface area contributed by atoms with E-state index in [9.17, 15) is 4.79 Å². The second-order valence-corrected chi connectivity index (χ2v) is 7.28. The molecule has 1 fully saturated rings. The molecule has 1 unspecified atom stereocenters. The molecule has 1 atom stereocenters. The van der Waals surface area contributed by atoms with Crippen molar-refractivity contribution in [2.24, 2.45) is 0 Å². The number of hydrogen-bond donors (Lipinski definition) is 0. The van der Waals surface area contributed by atoms with E-state index in [0.717, 1.165) is 36.2 Å². The predicted molar refractivity (Wildman–Crippen MR) is 116 cm³/mol. The van der Waals surface area contributed by atoms with Crippen LogP contribution in [-0.2, 0) is 4.79 Å². The molecule has 0 bridgehead atoms. The Kier molecular flexibility index (Phi) is 6.94. The van der Waals surface area contributed by atoms with Crippen LogP contribution in [0.15, 0.2) is 54.6 Å². The Labute approximate surface area is 173 Å². The van der Waals surface area contributed by atoms with Crippen molar-refractivity contribution in [3.63, 3.8) is 0 Å². The van der Waals surface area contributed by atoms with Gasteiger partial charge in [0.25, 0.3) is 0 Å².